The molecule has 0 saturated heterocycles. The molecule has 2 N–H and O–H groups in total. The molecule has 9 nitrogen and oxygen atoms in total. The Morgan fingerprint density at radius 3 is 2.34 bits per heavy atom. The first-order chi connectivity index (χ1) is 16.4. The summed E-state index contributed by atoms with van der Waals surface area (Å²) in [4.78, 5) is 25.3. The van der Waals surface area contributed by atoms with E-state index in [2.05, 4.69) is 15.7 Å². The second kappa shape index (κ2) is 10.1. The number of rotatable bonds is 7. The van der Waals surface area contributed by atoms with Crippen molar-refractivity contribution in [3.05, 3.63) is 54.9 Å². The van der Waals surface area contributed by atoms with Crippen LogP contribution in [0, 0.1) is 0 Å². The van der Waals surface area contributed by atoms with Crippen LogP contribution in [0.25, 0.3) is 11.1 Å². The average molecular weight is 481 g/mol. The smallest absolute Gasteiger partial charge is 0.435 e. The standard InChI is InChI=1S/C26H32N4O5/c1-25(2,3)35-24(32)30-16-17(15-27-30)21-12-11-18(14-22(21)34-7)28-23(31)26(4,5)29-19-9-8-10-20(13-19)33-6/h8-16,29H,1-7H3,(H,28,31). The number of ether oxygens (including phenoxy) is 3. The van der Waals surface area contributed by atoms with Gasteiger partial charge in [-0.2, -0.15) is 9.78 Å². The van der Waals surface area contributed by atoms with Gasteiger partial charge in [0.2, 0.25) is 5.91 Å². The third kappa shape index (κ3) is 6.53. The molecule has 35 heavy (non-hydrogen) atoms. The summed E-state index contributed by atoms with van der Waals surface area (Å²) in [5.41, 5.74) is 1.18. The molecule has 1 aromatic heterocycles. The Hall–Kier alpha value is -4.01. The molecule has 0 unspecified atom stereocenters. The Morgan fingerprint density at radius 1 is 0.943 bits per heavy atom. The second-order valence-electron chi connectivity index (χ2n) is 9.51. The molecule has 3 aromatic rings. The number of aromatic nitrogens is 2. The first-order valence-corrected chi connectivity index (χ1v) is 11.1. The number of hydrogen-bond acceptors (Lipinski definition) is 7. The van der Waals surface area contributed by atoms with Gasteiger partial charge in [0.25, 0.3) is 0 Å². The maximum absolute atomic E-state index is 13.0. The summed E-state index contributed by atoms with van der Waals surface area (Å²) in [6.45, 7) is 8.95. The van der Waals surface area contributed by atoms with Crippen molar-refractivity contribution in [2.24, 2.45) is 0 Å². The van der Waals surface area contributed by atoms with Crippen LogP contribution in [-0.4, -0.2) is 47.1 Å². The highest BCUT2D eigenvalue weighted by molar-refractivity contribution is 6.00. The van der Waals surface area contributed by atoms with E-state index in [4.69, 9.17) is 14.2 Å². The predicted octanol–water partition coefficient (Wildman–Crippen LogP) is 5.18. The van der Waals surface area contributed by atoms with Crippen LogP contribution in [0.3, 0.4) is 0 Å². The summed E-state index contributed by atoms with van der Waals surface area (Å²) < 4.78 is 17.3. The number of methoxy groups -OCH3 is 2. The van der Waals surface area contributed by atoms with Gasteiger partial charge in [-0.3, -0.25) is 4.79 Å². The van der Waals surface area contributed by atoms with Gasteiger partial charge in [-0.25, -0.2) is 4.79 Å². The summed E-state index contributed by atoms with van der Waals surface area (Å²) in [6.07, 6.45) is 2.56. The van der Waals surface area contributed by atoms with Crippen molar-refractivity contribution in [3.8, 4) is 22.6 Å². The Bertz CT molecular complexity index is 1210. The number of benzene rings is 2. The maximum Gasteiger partial charge on any atom is 0.435 e. The maximum atomic E-state index is 13.0. The van der Waals surface area contributed by atoms with Crippen molar-refractivity contribution >= 4 is 23.4 Å². The molecule has 2 aromatic carbocycles. The molecular formula is C26H32N4O5. The molecule has 0 saturated carbocycles. The number of amides is 1. The number of nitrogens with zero attached hydrogens (tertiary/aromatic N) is 2. The van der Waals surface area contributed by atoms with Gasteiger partial charge in [-0.15, -0.1) is 0 Å². The molecule has 0 radical (unpaired) electrons. The minimum Gasteiger partial charge on any atom is -0.497 e. The summed E-state index contributed by atoms with van der Waals surface area (Å²) in [5, 5.41) is 10.3. The van der Waals surface area contributed by atoms with E-state index in [0.717, 1.165) is 10.4 Å². The van der Waals surface area contributed by atoms with E-state index in [-0.39, 0.29) is 5.91 Å². The van der Waals surface area contributed by atoms with Crippen LogP contribution in [0.4, 0.5) is 16.2 Å². The van der Waals surface area contributed by atoms with Crippen molar-refractivity contribution in [1.82, 2.24) is 9.78 Å². The zero-order valence-corrected chi connectivity index (χ0v) is 21.1. The van der Waals surface area contributed by atoms with E-state index in [1.807, 2.05) is 24.3 Å². The topological polar surface area (TPSA) is 104 Å². The molecule has 0 fully saturated rings. The summed E-state index contributed by atoms with van der Waals surface area (Å²) in [5.74, 6) is 0.986. The van der Waals surface area contributed by atoms with Gasteiger partial charge in [0.15, 0.2) is 0 Å². The molecule has 0 aliphatic rings. The van der Waals surface area contributed by atoms with E-state index in [9.17, 15) is 9.59 Å². The second-order valence-corrected chi connectivity index (χ2v) is 9.51. The fraction of sp³-hybridized carbons (Fsp3) is 0.346. The number of carbonyl (C=O) groups is 2. The Labute approximate surface area is 205 Å². The Morgan fingerprint density at radius 2 is 1.69 bits per heavy atom. The van der Waals surface area contributed by atoms with Crippen molar-refractivity contribution in [2.75, 3.05) is 24.9 Å². The van der Waals surface area contributed by atoms with Crippen LogP contribution in [0.15, 0.2) is 54.9 Å². The quantitative estimate of drug-likeness (QED) is 0.480. The molecular weight excluding hydrogens is 448 g/mol. The molecule has 0 spiro atoms. The molecule has 0 aliphatic heterocycles. The van der Waals surface area contributed by atoms with E-state index in [1.54, 1.807) is 72.3 Å². The van der Waals surface area contributed by atoms with Crippen LogP contribution in [-0.2, 0) is 9.53 Å². The zero-order chi connectivity index (χ0) is 25.8. The lowest BCUT2D eigenvalue weighted by Gasteiger charge is -2.26. The summed E-state index contributed by atoms with van der Waals surface area (Å²) in [7, 11) is 3.13. The highest BCUT2D eigenvalue weighted by Gasteiger charge is 2.28. The summed E-state index contributed by atoms with van der Waals surface area (Å²) in [6, 6.07) is 12.7. The van der Waals surface area contributed by atoms with Crippen molar-refractivity contribution in [2.45, 2.75) is 45.8 Å². The fourth-order valence-corrected chi connectivity index (χ4v) is 3.28. The molecule has 9 heteroatoms. The van der Waals surface area contributed by atoms with Gasteiger partial charge < -0.3 is 24.8 Å². The molecule has 186 valence electrons. The Balaban J connectivity index is 1.75. The molecule has 0 atom stereocenters. The predicted molar refractivity (Wildman–Crippen MR) is 135 cm³/mol. The number of carbonyl (C=O) groups excluding carboxylic acids is 2. The van der Waals surface area contributed by atoms with E-state index in [0.29, 0.717) is 28.3 Å². The molecule has 0 bridgehead atoms. The van der Waals surface area contributed by atoms with Crippen molar-refractivity contribution in [1.29, 1.82) is 0 Å². The van der Waals surface area contributed by atoms with E-state index in [1.165, 1.54) is 7.11 Å². The third-order valence-electron chi connectivity index (χ3n) is 5.03. The largest absolute Gasteiger partial charge is 0.497 e. The lowest BCUT2D eigenvalue weighted by atomic mass is 10.0. The zero-order valence-electron chi connectivity index (χ0n) is 21.1. The minimum atomic E-state index is -0.910. The van der Waals surface area contributed by atoms with E-state index >= 15 is 0 Å². The number of hydrogen-bond donors (Lipinski definition) is 2. The third-order valence-corrected chi connectivity index (χ3v) is 5.03. The Kier molecular flexibility index (Phi) is 7.38. The lowest BCUT2D eigenvalue weighted by Crippen LogP contribution is -2.44. The van der Waals surface area contributed by atoms with Gasteiger partial charge in [0, 0.05) is 40.8 Å². The molecule has 1 heterocycles. The van der Waals surface area contributed by atoms with Crippen molar-refractivity contribution in [3.63, 3.8) is 0 Å². The lowest BCUT2D eigenvalue weighted by molar-refractivity contribution is -0.119. The van der Waals surface area contributed by atoms with Crippen LogP contribution in [0.2, 0.25) is 0 Å². The van der Waals surface area contributed by atoms with Gasteiger partial charge in [0.1, 0.15) is 22.6 Å². The van der Waals surface area contributed by atoms with Crippen LogP contribution >= 0.6 is 0 Å². The molecule has 3 rings (SSSR count). The van der Waals surface area contributed by atoms with E-state index < -0.39 is 17.2 Å². The molecule has 0 aliphatic carbocycles. The van der Waals surface area contributed by atoms with Crippen LogP contribution in [0.5, 0.6) is 11.5 Å². The van der Waals surface area contributed by atoms with Gasteiger partial charge in [-0.05, 0) is 58.9 Å². The van der Waals surface area contributed by atoms with Gasteiger partial charge in [0.05, 0.1) is 20.4 Å². The summed E-state index contributed by atoms with van der Waals surface area (Å²) >= 11 is 0. The van der Waals surface area contributed by atoms with Crippen LogP contribution in [0.1, 0.15) is 34.6 Å². The minimum absolute atomic E-state index is 0.229. The number of nitrogens with one attached hydrogen (secondary N) is 2. The fourth-order valence-electron chi connectivity index (χ4n) is 3.28. The molecule has 1 amide bonds. The first kappa shape index (κ1) is 25.6. The first-order valence-electron chi connectivity index (χ1n) is 11.1. The van der Waals surface area contributed by atoms with Gasteiger partial charge >= 0.3 is 6.09 Å². The highest BCUT2D eigenvalue weighted by atomic mass is 16.6. The van der Waals surface area contributed by atoms with Crippen molar-refractivity contribution < 1.29 is 23.8 Å². The normalized spacial score (nSPS) is 11.5. The highest BCUT2D eigenvalue weighted by Crippen LogP contribution is 2.33. The number of anilines is 2. The van der Waals surface area contributed by atoms with Crippen LogP contribution < -0.4 is 20.1 Å². The average Bonchev–Trinajstić information content (AvgIpc) is 3.28. The van der Waals surface area contributed by atoms with Gasteiger partial charge in [-0.1, -0.05) is 6.07 Å². The monoisotopic (exact) mass is 480 g/mol. The SMILES string of the molecule is COc1cccc(NC(C)(C)C(=O)Nc2ccc(-c3cnn(C(=O)OC(C)(C)C)c3)c(OC)c2)c1.